The van der Waals surface area contributed by atoms with Crippen molar-refractivity contribution in [1.82, 2.24) is 20.0 Å². The zero-order chi connectivity index (χ0) is 19.4. The standard InChI is InChI=1S/C21H29FN4O/c1-15(2)13-25-7-4-8-26-19(14-25)11-18(24-26)12-23-21(27)10-17-5-6-20(22)16(3)9-17/h5-6,9,11,15H,4,7-8,10,12-14H2,1-3H3,(H,23,27). The fraction of sp³-hybridized carbons (Fsp3) is 0.524. The van der Waals surface area contributed by atoms with E-state index >= 15 is 0 Å². The Morgan fingerprint density at radius 3 is 2.85 bits per heavy atom. The minimum absolute atomic E-state index is 0.0781. The van der Waals surface area contributed by atoms with Crippen molar-refractivity contribution in [3.8, 4) is 0 Å². The molecule has 0 saturated carbocycles. The van der Waals surface area contributed by atoms with E-state index in [-0.39, 0.29) is 18.1 Å². The van der Waals surface area contributed by atoms with Gasteiger partial charge < -0.3 is 5.32 Å². The summed E-state index contributed by atoms with van der Waals surface area (Å²) in [5.74, 6) is 0.323. The molecule has 3 rings (SSSR count). The van der Waals surface area contributed by atoms with Gasteiger partial charge in [0.1, 0.15) is 5.82 Å². The predicted octanol–water partition coefficient (Wildman–Crippen LogP) is 3.05. The minimum atomic E-state index is -0.245. The first-order valence-corrected chi connectivity index (χ1v) is 9.70. The van der Waals surface area contributed by atoms with E-state index < -0.39 is 0 Å². The van der Waals surface area contributed by atoms with Gasteiger partial charge in [-0.3, -0.25) is 14.4 Å². The Morgan fingerprint density at radius 2 is 2.11 bits per heavy atom. The van der Waals surface area contributed by atoms with E-state index in [1.165, 1.54) is 11.8 Å². The average molecular weight is 372 g/mol. The van der Waals surface area contributed by atoms with Gasteiger partial charge >= 0.3 is 0 Å². The van der Waals surface area contributed by atoms with E-state index in [1.54, 1.807) is 19.1 Å². The summed E-state index contributed by atoms with van der Waals surface area (Å²) in [6, 6.07) is 6.88. The molecular formula is C21H29FN4O. The largest absolute Gasteiger partial charge is 0.350 e. The molecule has 1 amide bonds. The van der Waals surface area contributed by atoms with Crippen LogP contribution in [-0.2, 0) is 30.8 Å². The van der Waals surface area contributed by atoms with Crippen LogP contribution in [0.15, 0.2) is 24.3 Å². The van der Waals surface area contributed by atoms with Crippen LogP contribution in [-0.4, -0.2) is 33.7 Å². The van der Waals surface area contributed by atoms with Gasteiger partial charge in [-0.15, -0.1) is 0 Å². The second-order valence-electron chi connectivity index (χ2n) is 7.87. The molecule has 0 saturated heterocycles. The maximum atomic E-state index is 13.3. The van der Waals surface area contributed by atoms with Gasteiger partial charge in [-0.05, 0) is 42.5 Å². The Labute approximate surface area is 160 Å². The van der Waals surface area contributed by atoms with Gasteiger partial charge in [-0.1, -0.05) is 26.0 Å². The molecule has 1 aliphatic rings. The smallest absolute Gasteiger partial charge is 0.224 e. The molecule has 5 nitrogen and oxygen atoms in total. The van der Waals surface area contributed by atoms with Gasteiger partial charge in [-0.2, -0.15) is 5.10 Å². The van der Waals surface area contributed by atoms with E-state index in [2.05, 4.69) is 39.9 Å². The molecule has 0 aliphatic carbocycles. The summed E-state index contributed by atoms with van der Waals surface area (Å²) < 4.78 is 15.4. The van der Waals surface area contributed by atoms with E-state index in [0.717, 1.165) is 43.9 Å². The van der Waals surface area contributed by atoms with Gasteiger partial charge in [0.05, 0.1) is 24.4 Å². The zero-order valence-electron chi connectivity index (χ0n) is 16.5. The highest BCUT2D eigenvalue weighted by Crippen LogP contribution is 2.15. The van der Waals surface area contributed by atoms with Crippen LogP contribution in [0.4, 0.5) is 4.39 Å². The minimum Gasteiger partial charge on any atom is -0.350 e. The first-order chi connectivity index (χ1) is 12.9. The van der Waals surface area contributed by atoms with Crippen molar-refractivity contribution in [3.05, 3.63) is 52.6 Å². The maximum absolute atomic E-state index is 13.3. The number of hydrogen-bond donors (Lipinski definition) is 1. The lowest BCUT2D eigenvalue weighted by Crippen LogP contribution is -2.27. The van der Waals surface area contributed by atoms with Crippen LogP contribution in [0.25, 0.3) is 0 Å². The number of carbonyl (C=O) groups excluding carboxylic acids is 1. The summed E-state index contributed by atoms with van der Waals surface area (Å²) >= 11 is 0. The van der Waals surface area contributed by atoms with Crippen LogP contribution in [0.3, 0.4) is 0 Å². The summed E-state index contributed by atoms with van der Waals surface area (Å²) in [6.07, 6.45) is 1.34. The summed E-state index contributed by atoms with van der Waals surface area (Å²) in [5.41, 5.74) is 3.48. The normalized spacial score (nSPS) is 14.9. The molecule has 0 bridgehead atoms. The molecule has 0 fully saturated rings. The number of aryl methyl sites for hydroxylation is 2. The van der Waals surface area contributed by atoms with E-state index in [1.807, 2.05) is 0 Å². The SMILES string of the molecule is Cc1cc(CC(=O)NCc2cc3n(n2)CCCN(CC(C)C)C3)ccc1F. The fourth-order valence-corrected chi connectivity index (χ4v) is 3.60. The topological polar surface area (TPSA) is 50.2 Å². The Hall–Kier alpha value is -2.21. The van der Waals surface area contributed by atoms with Gasteiger partial charge in [-0.25, -0.2) is 4.39 Å². The van der Waals surface area contributed by atoms with Crippen molar-refractivity contribution in [2.45, 2.75) is 53.2 Å². The van der Waals surface area contributed by atoms with Crippen molar-refractivity contribution in [1.29, 1.82) is 0 Å². The third kappa shape index (κ3) is 5.39. The molecule has 1 N–H and O–H groups in total. The molecule has 6 heteroatoms. The third-order valence-electron chi connectivity index (χ3n) is 4.82. The number of benzene rings is 1. The second kappa shape index (κ2) is 8.65. The molecule has 146 valence electrons. The van der Waals surface area contributed by atoms with Crippen molar-refractivity contribution >= 4 is 5.91 Å². The van der Waals surface area contributed by atoms with Gasteiger partial charge in [0.25, 0.3) is 0 Å². The van der Waals surface area contributed by atoms with Crippen LogP contribution in [0, 0.1) is 18.7 Å². The Kier molecular flexibility index (Phi) is 6.26. The summed E-state index contributed by atoms with van der Waals surface area (Å²) in [5, 5.41) is 7.58. The summed E-state index contributed by atoms with van der Waals surface area (Å²) in [4.78, 5) is 14.7. The Morgan fingerprint density at radius 1 is 1.30 bits per heavy atom. The molecule has 1 aliphatic heterocycles. The highest BCUT2D eigenvalue weighted by atomic mass is 19.1. The number of halogens is 1. The first-order valence-electron chi connectivity index (χ1n) is 9.70. The Balaban J connectivity index is 1.55. The van der Waals surface area contributed by atoms with Crippen molar-refractivity contribution in [3.63, 3.8) is 0 Å². The maximum Gasteiger partial charge on any atom is 0.224 e. The van der Waals surface area contributed by atoms with Crippen LogP contribution >= 0.6 is 0 Å². The molecule has 0 atom stereocenters. The van der Waals surface area contributed by atoms with E-state index in [4.69, 9.17) is 0 Å². The molecular weight excluding hydrogens is 343 g/mol. The second-order valence-corrected chi connectivity index (χ2v) is 7.87. The molecule has 1 aromatic heterocycles. The lowest BCUT2D eigenvalue weighted by atomic mass is 10.1. The monoisotopic (exact) mass is 372 g/mol. The number of amides is 1. The van der Waals surface area contributed by atoms with Gasteiger partial charge in [0, 0.05) is 26.2 Å². The highest BCUT2D eigenvalue weighted by molar-refractivity contribution is 5.78. The Bertz CT molecular complexity index is 799. The predicted molar refractivity (Wildman–Crippen MR) is 104 cm³/mol. The number of rotatable bonds is 6. The molecule has 0 spiro atoms. The fourth-order valence-electron chi connectivity index (χ4n) is 3.60. The van der Waals surface area contributed by atoms with Crippen LogP contribution < -0.4 is 5.32 Å². The van der Waals surface area contributed by atoms with Gasteiger partial charge in [0.2, 0.25) is 5.91 Å². The summed E-state index contributed by atoms with van der Waals surface area (Å²) in [6.45, 7) is 10.6. The molecule has 27 heavy (non-hydrogen) atoms. The number of nitrogens with one attached hydrogen (secondary N) is 1. The highest BCUT2D eigenvalue weighted by Gasteiger charge is 2.17. The van der Waals surface area contributed by atoms with E-state index in [9.17, 15) is 9.18 Å². The number of carbonyl (C=O) groups is 1. The van der Waals surface area contributed by atoms with Crippen LogP contribution in [0.2, 0.25) is 0 Å². The first kappa shape index (κ1) is 19.5. The lowest BCUT2D eigenvalue weighted by Gasteiger charge is -2.21. The summed E-state index contributed by atoms with van der Waals surface area (Å²) in [7, 11) is 0. The average Bonchev–Trinajstić information content (AvgIpc) is 2.88. The van der Waals surface area contributed by atoms with Crippen molar-refractivity contribution < 1.29 is 9.18 Å². The third-order valence-corrected chi connectivity index (χ3v) is 4.82. The van der Waals surface area contributed by atoms with Gasteiger partial charge in [0.15, 0.2) is 0 Å². The lowest BCUT2D eigenvalue weighted by molar-refractivity contribution is -0.120. The quantitative estimate of drug-likeness (QED) is 0.848. The number of fused-ring (bicyclic) bond motifs is 1. The van der Waals surface area contributed by atoms with E-state index in [0.29, 0.717) is 18.0 Å². The van der Waals surface area contributed by atoms with Crippen molar-refractivity contribution in [2.75, 3.05) is 13.1 Å². The molecule has 2 heterocycles. The molecule has 0 radical (unpaired) electrons. The molecule has 1 aromatic carbocycles. The number of hydrogen-bond acceptors (Lipinski definition) is 3. The zero-order valence-corrected chi connectivity index (χ0v) is 16.5. The van der Waals surface area contributed by atoms with Crippen LogP contribution in [0.5, 0.6) is 0 Å². The number of nitrogens with zero attached hydrogens (tertiary/aromatic N) is 3. The van der Waals surface area contributed by atoms with Crippen molar-refractivity contribution in [2.24, 2.45) is 5.92 Å². The number of aromatic nitrogens is 2. The molecule has 2 aromatic rings. The van der Waals surface area contributed by atoms with Crippen LogP contribution in [0.1, 0.15) is 42.8 Å². The molecule has 0 unspecified atom stereocenters.